The molecule has 0 N–H and O–H groups in total. The minimum atomic E-state index is 0.860. The lowest BCUT2D eigenvalue weighted by Crippen LogP contribution is -1.97. The van der Waals surface area contributed by atoms with Crippen LogP contribution in [0.1, 0.15) is 6.92 Å². The number of ether oxygens (including phenoxy) is 1. The molecular weight excluding hydrogens is 284 g/mol. The van der Waals surface area contributed by atoms with Crippen LogP contribution in [0.5, 0.6) is 5.75 Å². The Bertz CT molecular complexity index is 984. The largest absolute Gasteiger partial charge is 0.497 e. The van der Waals surface area contributed by atoms with Crippen LogP contribution in [0.4, 0.5) is 0 Å². The van der Waals surface area contributed by atoms with Crippen LogP contribution in [0, 0.1) is 0 Å². The van der Waals surface area contributed by atoms with Crippen LogP contribution >= 0.6 is 0 Å². The number of aromatic nitrogens is 2. The molecule has 3 nitrogen and oxygen atoms in total. The minimum absolute atomic E-state index is 0.860. The normalized spacial score (nSPS) is 11.2. The number of benzene rings is 3. The summed E-state index contributed by atoms with van der Waals surface area (Å²) in [5.41, 5.74) is 3.35. The van der Waals surface area contributed by atoms with Crippen LogP contribution in [0.3, 0.4) is 0 Å². The van der Waals surface area contributed by atoms with Crippen LogP contribution in [-0.4, -0.2) is 16.7 Å². The fourth-order valence-corrected chi connectivity index (χ4v) is 3.14. The monoisotopic (exact) mass is 302 g/mol. The lowest BCUT2D eigenvalue weighted by atomic mass is 10.1. The molecule has 0 atom stereocenters. The molecule has 1 heterocycles. The molecule has 0 amide bonds. The first-order valence-corrected chi connectivity index (χ1v) is 7.84. The second-order valence-corrected chi connectivity index (χ2v) is 5.56. The zero-order chi connectivity index (χ0) is 15.8. The zero-order valence-corrected chi connectivity index (χ0v) is 13.3. The van der Waals surface area contributed by atoms with Gasteiger partial charge in [-0.05, 0) is 42.6 Å². The Morgan fingerprint density at radius 2 is 1.74 bits per heavy atom. The maximum Gasteiger partial charge on any atom is 0.141 e. The van der Waals surface area contributed by atoms with Crippen molar-refractivity contribution in [3.63, 3.8) is 0 Å². The fraction of sp³-hybridized carbons (Fsp3) is 0.150. The van der Waals surface area contributed by atoms with E-state index in [1.165, 1.54) is 16.3 Å². The molecule has 0 aliphatic carbocycles. The number of aryl methyl sites for hydroxylation is 1. The Labute approximate surface area is 135 Å². The van der Waals surface area contributed by atoms with Gasteiger partial charge in [0.05, 0.1) is 18.1 Å². The number of imidazole rings is 1. The van der Waals surface area contributed by atoms with Gasteiger partial charge in [0.2, 0.25) is 0 Å². The van der Waals surface area contributed by atoms with Gasteiger partial charge in [-0.2, -0.15) is 0 Å². The molecule has 0 aliphatic rings. The first-order valence-electron chi connectivity index (χ1n) is 7.84. The summed E-state index contributed by atoms with van der Waals surface area (Å²) in [5, 5.41) is 2.42. The molecule has 0 unspecified atom stereocenters. The van der Waals surface area contributed by atoms with Crippen molar-refractivity contribution in [2.45, 2.75) is 13.5 Å². The first-order chi connectivity index (χ1) is 11.3. The summed E-state index contributed by atoms with van der Waals surface area (Å²) < 4.78 is 7.52. The van der Waals surface area contributed by atoms with E-state index in [-0.39, 0.29) is 0 Å². The highest BCUT2D eigenvalue weighted by Crippen LogP contribution is 2.30. The van der Waals surface area contributed by atoms with Crippen LogP contribution in [0.25, 0.3) is 33.2 Å². The van der Waals surface area contributed by atoms with Crippen LogP contribution in [-0.2, 0) is 6.54 Å². The van der Waals surface area contributed by atoms with Crippen LogP contribution in [0.15, 0.2) is 60.7 Å². The van der Waals surface area contributed by atoms with E-state index in [9.17, 15) is 0 Å². The summed E-state index contributed by atoms with van der Waals surface area (Å²) in [5.74, 6) is 1.86. The second-order valence-electron chi connectivity index (χ2n) is 5.56. The van der Waals surface area contributed by atoms with Crippen LogP contribution in [0.2, 0.25) is 0 Å². The molecule has 1 aromatic heterocycles. The number of hydrogen-bond acceptors (Lipinski definition) is 2. The van der Waals surface area contributed by atoms with E-state index in [1.807, 2.05) is 12.1 Å². The average Bonchev–Trinajstić information content (AvgIpc) is 3.00. The molecule has 3 aromatic carbocycles. The summed E-state index contributed by atoms with van der Waals surface area (Å²) >= 11 is 0. The molecule has 0 fully saturated rings. The molecule has 4 aromatic rings. The molecule has 0 bridgehead atoms. The van der Waals surface area contributed by atoms with Gasteiger partial charge in [-0.15, -0.1) is 0 Å². The molecular formula is C20H18N2O. The maximum atomic E-state index is 5.25. The zero-order valence-electron chi connectivity index (χ0n) is 13.3. The number of rotatable bonds is 3. The smallest absolute Gasteiger partial charge is 0.141 e. The maximum absolute atomic E-state index is 5.25. The van der Waals surface area contributed by atoms with Crippen molar-refractivity contribution < 1.29 is 4.74 Å². The van der Waals surface area contributed by atoms with E-state index < -0.39 is 0 Å². The predicted octanol–water partition coefficient (Wildman–Crippen LogP) is 4.89. The van der Waals surface area contributed by atoms with Gasteiger partial charge in [-0.25, -0.2) is 4.98 Å². The predicted molar refractivity (Wildman–Crippen MR) is 94.9 cm³/mol. The van der Waals surface area contributed by atoms with Crippen molar-refractivity contribution in [3.05, 3.63) is 60.7 Å². The highest BCUT2D eigenvalue weighted by molar-refractivity contribution is 6.05. The van der Waals surface area contributed by atoms with Gasteiger partial charge in [-0.3, -0.25) is 0 Å². The highest BCUT2D eigenvalue weighted by atomic mass is 16.5. The van der Waals surface area contributed by atoms with Crippen LogP contribution < -0.4 is 4.74 Å². The minimum Gasteiger partial charge on any atom is -0.497 e. The van der Waals surface area contributed by atoms with Gasteiger partial charge < -0.3 is 9.30 Å². The van der Waals surface area contributed by atoms with Gasteiger partial charge >= 0.3 is 0 Å². The molecule has 4 rings (SSSR count). The molecule has 0 aliphatic heterocycles. The Balaban J connectivity index is 2.00. The molecule has 0 saturated carbocycles. The molecule has 23 heavy (non-hydrogen) atoms. The van der Waals surface area contributed by atoms with Crippen molar-refractivity contribution in [3.8, 4) is 17.1 Å². The van der Waals surface area contributed by atoms with Crippen molar-refractivity contribution in [2.75, 3.05) is 7.11 Å². The van der Waals surface area contributed by atoms with Gasteiger partial charge in [0.25, 0.3) is 0 Å². The lowest BCUT2D eigenvalue weighted by Gasteiger charge is -2.07. The van der Waals surface area contributed by atoms with Crippen molar-refractivity contribution in [1.29, 1.82) is 0 Å². The SMILES string of the molecule is CCn1c(-c2ccc(OC)cc2)nc2c3ccccc3ccc21. The topological polar surface area (TPSA) is 27.1 Å². The van der Waals surface area contributed by atoms with E-state index in [4.69, 9.17) is 9.72 Å². The number of fused-ring (bicyclic) bond motifs is 3. The molecule has 3 heteroatoms. The van der Waals surface area contributed by atoms with E-state index in [2.05, 4.69) is 60.0 Å². The van der Waals surface area contributed by atoms with Gasteiger partial charge in [-0.1, -0.05) is 30.3 Å². The first kappa shape index (κ1) is 13.8. The Hall–Kier alpha value is -2.81. The third kappa shape index (κ3) is 2.16. The number of nitrogens with zero attached hydrogens (tertiary/aromatic N) is 2. The molecule has 0 radical (unpaired) electrons. The summed E-state index contributed by atoms with van der Waals surface area (Å²) in [7, 11) is 1.68. The average molecular weight is 302 g/mol. The Kier molecular flexibility index (Phi) is 3.27. The quantitative estimate of drug-likeness (QED) is 0.539. The summed E-state index contributed by atoms with van der Waals surface area (Å²) in [6.07, 6.45) is 0. The highest BCUT2D eigenvalue weighted by Gasteiger charge is 2.13. The van der Waals surface area contributed by atoms with E-state index in [0.717, 1.165) is 29.2 Å². The van der Waals surface area contributed by atoms with Gasteiger partial charge in [0, 0.05) is 17.5 Å². The molecule has 0 saturated heterocycles. The van der Waals surface area contributed by atoms with E-state index in [1.54, 1.807) is 7.11 Å². The Morgan fingerprint density at radius 1 is 0.957 bits per heavy atom. The third-order valence-corrected chi connectivity index (χ3v) is 4.31. The molecule has 114 valence electrons. The summed E-state index contributed by atoms with van der Waals surface area (Å²) in [6.45, 7) is 3.04. The standard InChI is InChI=1S/C20H18N2O/c1-3-22-18-13-10-14-6-4-5-7-17(14)19(18)21-20(22)15-8-11-16(23-2)12-9-15/h4-13H,3H2,1-2H3. The lowest BCUT2D eigenvalue weighted by molar-refractivity contribution is 0.415. The van der Waals surface area contributed by atoms with Crippen molar-refractivity contribution >= 4 is 21.8 Å². The van der Waals surface area contributed by atoms with Gasteiger partial charge in [0.15, 0.2) is 0 Å². The number of methoxy groups -OCH3 is 1. The van der Waals surface area contributed by atoms with E-state index >= 15 is 0 Å². The second kappa shape index (κ2) is 5.43. The van der Waals surface area contributed by atoms with E-state index in [0.29, 0.717) is 0 Å². The Morgan fingerprint density at radius 3 is 2.48 bits per heavy atom. The summed E-state index contributed by atoms with van der Waals surface area (Å²) in [4.78, 5) is 4.96. The summed E-state index contributed by atoms with van der Waals surface area (Å²) in [6, 6.07) is 20.8. The van der Waals surface area contributed by atoms with Gasteiger partial charge in [0.1, 0.15) is 11.6 Å². The third-order valence-electron chi connectivity index (χ3n) is 4.31. The molecule has 0 spiro atoms. The fourth-order valence-electron chi connectivity index (χ4n) is 3.14. The van der Waals surface area contributed by atoms with Crippen molar-refractivity contribution in [2.24, 2.45) is 0 Å². The number of hydrogen-bond donors (Lipinski definition) is 0. The van der Waals surface area contributed by atoms with Crippen molar-refractivity contribution in [1.82, 2.24) is 9.55 Å².